The number of aryl methyl sites for hydroxylation is 1. The molecule has 3 rings (SSSR count). The summed E-state index contributed by atoms with van der Waals surface area (Å²) in [6.45, 7) is 5.46. The van der Waals surface area contributed by atoms with Gasteiger partial charge in [0.2, 0.25) is 10.0 Å². The van der Waals surface area contributed by atoms with Crippen LogP contribution in [0.5, 0.6) is 0 Å². The highest BCUT2D eigenvalue weighted by atomic mass is 32.2. The first-order valence-corrected chi connectivity index (χ1v) is 12.3. The fourth-order valence-corrected chi connectivity index (χ4v) is 4.58. The number of nitrogens with two attached hydrogens (primary N) is 1. The van der Waals surface area contributed by atoms with Crippen LogP contribution in [-0.4, -0.2) is 26.9 Å². The zero-order valence-corrected chi connectivity index (χ0v) is 20.2. The van der Waals surface area contributed by atoms with Crippen LogP contribution in [0.4, 0.5) is 5.00 Å². The monoisotopic (exact) mass is 499 g/mol. The van der Waals surface area contributed by atoms with E-state index in [1.165, 1.54) is 41.7 Å². The number of carbonyl (C=O) groups excluding carboxylic acids is 2. The van der Waals surface area contributed by atoms with Gasteiger partial charge in [-0.2, -0.15) is 5.26 Å². The highest BCUT2D eigenvalue weighted by Crippen LogP contribution is 2.33. The van der Waals surface area contributed by atoms with Crippen molar-refractivity contribution in [2.45, 2.75) is 25.7 Å². The van der Waals surface area contributed by atoms with Gasteiger partial charge < -0.3 is 14.5 Å². The van der Waals surface area contributed by atoms with Gasteiger partial charge in [-0.25, -0.2) is 18.4 Å². The first kappa shape index (κ1) is 24.9. The molecule has 9 nitrogen and oxygen atoms in total. The van der Waals surface area contributed by atoms with E-state index in [9.17, 15) is 23.3 Å². The molecule has 0 aliphatic rings. The summed E-state index contributed by atoms with van der Waals surface area (Å²) >= 11 is 1.22. The first-order valence-electron chi connectivity index (χ1n) is 9.98. The number of anilines is 1. The second-order valence-corrected chi connectivity index (χ2v) is 9.89. The van der Waals surface area contributed by atoms with Crippen LogP contribution in [0.15, 0.2) is 51.3 Å². The van der Waals surface area contributed by atoms with E-state index >= 15 is 0 Å². The Hall–Kier alpha value is -3.72. The van der Waals surface area contributed by atoms with Crippen molar-refractivity contribution in [3.8, 4) is 17.4 Å². The van der Waals surface area contributed by atoms with Crippen LogP contribution < -0.4 is 10.5 Å². The number of hydrogen-bond acceptors (Lipinski definition) is 8. The predicted octanol–water partition coefficient (Wildman–Crippen LogP) is 3.99. The van der Waals surface area contributed by atoms with Gasteiger partial charge in [-0.3, -0.25) is 4.79 Å². The van der Waals surface area contributed by atoms with Crippen LogP contribution in [0.3, 0.4) is 0 Å². The third-order valence-electron chi connectivity index (χ3n) is 4.84. The van der Waals surface area contributed by atoms with Crippen molar-refractivity contribution in [3.05, 3.63) is 63.7 Å². The highest BCUT2D eigenvalue weighted by Gasteiger charge is 2.23. The van der Waals surface area contributed by atoms with E-state index in [0.29, 0.717) is 21.9 Å². The molecule has 0 saturated heterocycles. The summed E-state index contributed by atoms with van der Waals surface area (Å²) in [4.78, 5) is 25.9. The molecular weight excluding hydrogens is 478 g/mol. The molecular formula is C23H21N3O6S2. The number of primary sulfonamides is 1. The number of thiophene rings is 1. The summed E-state index contributed by atoms with van der Waals surface area (Å²) in [6, 6.07) is 10.8. The smallest absolute Gasteiger partial charge is 0.341 e. The molecule has 1 aromatic carbocycles. The molecule has 2 aromatic heterocycles. The molecule has 176 valence electrons. The average molecular weight is 500 g/mol. The van der Waals surface area contributed by atoms with E-state index in [4.69, 9.17) is 14.3 Å². The minimum atomic E-state index is -3.81. The van der Waals surface area contributed by atoms with Gasteiger partial charge in [0.25, 0.3) is 5.91 Å². The molecule has 0 aliphatic carbocycles. The SMILES string of the molecule is CCOC(=O)c1c(NC(=O)/C(C#N)=C/c2ccc(-c3ccc(S(N)(=O)=O)cc3)o2)sc(C)c1C. The third kappa shape index (κ3) is 5.43. The molecule has 34 heavy (non-hydrogen) atoms. The van der Waals surface area contributed by atoms with Crippen molar-refractivity contribution < 1.29 is 27.2 Å². The fraction of sp³-hybridized carbons (Fsp3) is 0.174. The molecule has 0 aliphatic heterocycles. The Labute approximate surface area is 200 Å². The summed E-state index contributed by atoms with van der Waals surface area (Å²) in [5.41, 5.74) is 1.31. The molecule has 0 fully saturated rings. The minimum Gasteiger partial charge on any atom is -0.462 e. The van der Waals surface area contributed by atoms with Crippen molar-refractivity contribution in [1.82, 2.24) is 0 Å². The molecule has 1 amide bonds. The Morgan fingerprint density at radius 3 is 2.47 bits per heavy atom. The number of rotatable bonds is 7. The first-order chi connectivity index (χ1) is 16.0. The summed E-state index contributed by atoms with van der Waals surface area (Å²) in [6.07, 6.45) is 1.27. The van der Waals surface area contributed by atoms with Gasteiger partial charge in [0.1, 0.15) is 28.2 Å². The van der Waals surface area contributed by atoms with Crippen molar-refractivity contribution in [2.24, 2.45) is 5.14 Å². The molecule has 3 N–H and O–H groups in total. The number of esters is 1. The van der Waals surface area contributed by atoms with Gasteiger partial charge in [-0.1, -0.05) is 0 Å². The number of sulfonamides is 1. The maximum absolute atomic E-state index is 12.8. The second kappa shape index (κ2) is 10.0. The topological polar surface area (TPSA) is 152 Å². The zero-order chi connectivity index (χ0) is 25.0. The Morgan fingerprint density at radius 1 is 1.21 bits per heavy atom. The van der Waals surface area contributed by atoms with Crippen LogP contribution in [0.25, 0.3) is 17.4 Å². The lowest BCUT2D eigenvalue weighted by molar-refractivity contribution is -0.112. The lowest BCUT2D eigenvalue weighted by Gasteiger charge is -2.06. The van der Waals surface area contributed by atoms with Crippen molar-refractivity contribution >= 4 is 44.3 Å². The lowest BCUT2D eigenvalue weighted by atomic mass is 10.1. The molecule has 3 aromatic rings. The summed E-state index contributed by atoms with van der Waals surface area (Å²) in [5.74, 6) is -0.614. The van der Waals surface area contributed by atoms with Gasteiger partial charge in [-0.15, -0.1) is 11.3 Å². The quantitative estimate of drug-likeness (QED) is 0.283. The summed E-state index contributed by atoms with van der Waals surface area (Å²) in [5, 5.41) is 17.5. The zero-order valence-electron chi connectivity index (χ0n) is 18.5. The number of nitrogens with one attached hydrogen (secondary N) is 1. The fourth-order valence-electron chi connectivity index (χ4n) is 3.02. The van der Waals surface area contributed by atoms with Crippen LogP contribution >= 0.6 is 11.3 Å². The summed E-state index contributed by atoms with van der Waals surface area (Å²) in [7, 11) is -3.81. The molecule has 0 radical (unpaired) electrons. The number of benzene rings is 1. The molecule has 0 saturated carbocycles. The van der Waals surface area contributed by atoms with E-state index in [2.05, 4.69) is 5.32 Å². The average Bonchev–Trinajstić information content (AvgIpc) is 3.36. The molecule has 0 unspecified atom stereocenters. The number of nitrogens with zero attached hydrogens (tertiary/aromatic N) is 1. The van der Waals surface area contributed by atoms with Gasteiger partial charge in [0, 0.05) is 16.5 Å². The number of carbonyl (C=O) groups is 2. The lowest BCUT2D eigenvalue weighted by Crippen LogP contribution is -2.16. The maximum atomic E-state index is 12.8. The van der Waals surface area contributed by atoms with Crippen LogP contribution in [-0.2, 0) is 19.6 Å². The Kier molecular flexibility index (Phi) is 7.36. The van der Waals surface area contributed by atoms with Gasteiger partial charge in [0.05, 0.1) is 17.1 Å². The van der Waals surface area contributed by atoms with Crippen LogP contribution in [0, 0.1) is 25.2 Å². The maximum Gasteiger partial charge on any atom is 0.341 e. The standard InChI is InChI=1S/C23H21N3O6S2/c1-4-31-23(28)20-13(2)14(3)33-22(20)26-21(27)16(12-24)11-17-7-10-19(32-17)15-5-8-18(9-6-15)34(25,29)30/h5-11H,4H2,1-3H3,(H,26,27)(H2,25,29,30)/b16-11+. The van der Waals surface area contributed by atoms with E-state index in [0.717, 1.165) is 4.88 Å². The van der Waals surface area contributed by atoms with Crippen molar-refractivity contribution in [3.63, 3.8) is 0 Å². The second-order valence-electron chi connectivity index (χ2n) is 7.10. The largest absolute Gasteiger partial charge is 0.462 e. The van der Waals surface area contributed by atoms with E-state index in [-0.39, 0.29) is 28.4 Å². The highest BCUT2D eigenvalue weighted by molar-refractivity contribution is 7.89. The van der Waals surface area contributed by atoms with E-state index in [1.54, 1.807) is 26.0 Å². The predicted molar refractivity (Wildman–Crippen MR) is 127 cm³/mol. The molecule has 0 bridgehead atoms. The molecule has 2 heterocycles. The van der Waals surface area contributed by atoms with Crippen molar-refractivity contribution in [1.29, 1.82) is 5.26 Å². The van der Waals surface area contributed by atoms with E-state index < -0.39 is 21.9 Å². The molecule has 0 atom stereocenters. The minimum absolute atomic E-state index is 0.0346. The van der Waals surface area contributed by atoms with Gasteiger partial charge in [0.15, 0.2) is 0 Å². The Bertz CT molecular complexity index is 1420. The Balaban J connectivity index is 1.84. The third-order valence-corrected chi connectivity index (χ3v) is 6.89. The van der Waals surface area contributed by atoms with Crippen LogP contribution in [0.1, 0.15) is 33.5 Å². The summed E-state index contributed by atoms with van der Waals surface area (Å²) < 4.78 is 33.6. The van der Waals surface area contributed by atoms with Gasteiger partial charge in [-0.05, 0) is 62.7 Å². The Morgan fingerprint density at radius 2 is 1.88 bits per heavy atom. The molecule has 11 heteroatoms. The number of amides is 1. The van der Waals surface area contributed by atoms with E-state index in [1.807, 2.05) is 13.0 Å². The van der Waals surface area contributed by atoms with Crippen molar-refractivity contribution in [2.75, 3.05) is 11.9 Å². The number of hydrogen-bond donors (Lipinski definition) is 2. The normalized spacial score (nSPS) is 11.7. The van der Waals surface area contributed by atoms with Gasteiger partial charge >= 0.3 is 5.97 Å². The molecule has 0 spiro atoms. The number of nitriles is 1. The van der Waals surface area contributed by atoms with Crippen LogP contribution in [0.2, 0.25) is 0 Å². The number of furan rings is 1. The number of ether oxygens (including phenoxy) is 1.